The molecule has 0 aliphatic carbocycles. The number of carbonyl (C=O) groups is 4. The molecule has 0 bridgehead atoms. The van der Waals surface area contributed by atoms with Crippen molar-refractivity contribution in [1.29, 1.82) is 0 Å². The van der Waals surface area contributed by atoms with Crippen molar-refractivity contribution in [1.82, 2.24) is 25.9 Å². The first kappa shape index (κ1) is 26.3. The third kappa shape index (κ3) is 8.20. The van der Waals surface area contributed by atoms with Gasteiger partial charge in [-0.3, -0.25) is 14.4 Å². The number of H-pyrrole nitrogens is 1. The largest absolute Gasteiger partial charge is 0.508 e. The molecule has 34 heavy (non-hydrogen) atoms. The molecule has 1 heterocycles. The van der Waals surface area contributed by atoms with Crippen LogP contribution in [0, 0.1) is 5.92 Å². The first-order chi connectivity index (χ1) is 16.1. The number of rotatable bonds is 12. The molecule has 184 valence electrons. The van der Waals surface area contributed by atoms with E-state index in [1.165, 1.54) is 24.7 Å². The summed E-state index contributed by atoms with van der Waals surface area (Å²) in [6, 6.07) is 2.83. The quantitative estimate of drug-likeness (QED) is 0.204. The van der Waals surface area contributed by atoms with E-state index in [2.05, 4.69) is 25.9 Å². The molecular formula is C22H30N6O6. The molecule has 0 radical (unpaired) electrons. The van der Waals surface area contributed by atoms with Gasteiger partial charge in [0, 0.05) is 24.7 Å². The van der Waals surface area contributed by atoms with Crippen molar-refractivity contribution in [3.63, 3.8) is 0 Å². The van der Waals surface area contributed by atoms with Gasteiger partial charge in [-0.25, -0.2) is 9.78 Å². The molecule has 3 amide bonds. The molecule has 1 aromatic carbocycles. The average Bonchev–Trinajstić information content (AvgIpc) is 3.30. The monoisotopic (exact) mass is 474 g/mol. The Labute approximate surface area is 196 Å². The molecule has 12 nitrogen and oxygen atoms in total. The van der Waals surface area contributed by atoms with Crippen LogP contribution in [0.25, 0.3) is 0 Å². The zero-order valence-electron chi connectivity index (χ0n) is 18.9. The number of amides is 3. The highest BCUT2D eigenvalue weighted by Gasteiger charge is 2.27. The number of aliphatic carboxylic acids is 1. The van der Waals surface area contributed by atoms with Crippen molar-refractivity contribution in [2.45, 2.75) is 44.8 Å². The summed E-state index contributed by atoms with van der Waals surface area (Å²) in [5.41, 5.74) is 7.04. The number of benzene rings is 1. The van der Waals surface area contributed by atoms with Gasteiger partial charge >= 0.3 is 5.97 Å². The minimum absolute atomic E-state index is 0.0130. The lowest BCUT2D eigenvalue weighted by molar-refractivity contribution is -0.141. The van der Waals surface area contributed by atoms with Gasteiger partial charge in [-0.1, -0.05) is 26.0 Å². The molecular weight excluding hydrogens is 444 g/mol. The number of aromatic nitrogens is 2. The van der Waals surface area contributed by atoms with Crippen molar-refractivity contribution in [3.8, 4) is 5.75 Å². The van der Waals surface area contributed by atoms with E-state index in [-0.39, 0.29) is 24.5 Å². The second-order valence-corrected chi connectivity index (χ2v) is 8.16. The number of imidazole rings is 1. The van der Waals surface area contributed by atoms with Crippen molar-refractivity contribution in [2.24, 2.45) is 11.7 Å². The Bertz CT molecular complexity index is 976. The van der Waals surface area contributed by atoms with Crippen molar-refractivity contribution >= 4 is 23.7 Å². The number of hydrogen-bond donors (Lipinski definition) is 7. The van der Waals surface area contributed by atoms with Gasteiger partial charge in [0.2, 0.25) is 17.7 Å². The van der Waals surface area contributed by atoms with Gasteiger partial charge in [0.05, 0.1) is 18.9 Å². The van der Waals surface area contributed by atoms with E-state index in [9.17, 15) is 29.4 Å². The number of nitrogens with two attached hydrogens (primary N) is 1. The van der Waals surface area contributed by atoms with Crippen LogP contribution in [0.2, 0.25) is 0 Å². The Kier molecular flexibility index (Phi) is 9.56. The highest BCUT2D eigenvalue weighted by molar-refractivity contribution is 5.92. The molecule has 12 heteroatoms. The number of carboxylic acid groups (broad SMARTS) is 1. The van der Waals surface area contributed by atoms with Crippen LogP contribution in [0.5, 0.6) is 5.75 Å². The lowest BCUT2D eigenvalue weighted by Gasteiger charge is -2.22. The number of aromatic amines is 1. The van der Waals surface area contributed by atoms with Crippen LogP contribution in [-0.4, -0.2) is 68.5 Å². The van der Waals surface area contributed by atoms with Crippen LogP contribution in [0.15, 0.2) is 36.8 Å². The predicted molar refractivity (Wildman–Crippen MR) is 121 cm³/mol. The van der Waals surface area contributed by atoms with Crippen molar-refractivity contribution in [2.75, 3.05) is 6.54 Å². The zero-order chi connectivity index (χ0) is 25.3. The molecule has 0 saturated carbocycles. The Morgan fingerprint density at radius 2 is 1.71 bits per heavy atom. The fourth-order valence-corrected chi connectivity index (χ4v) is 3.00. The third-order valence-corrected chi connectivity index (χ3v) is 5.07. The summed E-state index contributed by atoms with van der Waals surface area (Å²) in [5, 5.41) is 26.1. The number of carboxylic acids is 1. The predicted octanol–water partition coefficient (Wildman–Crippen LogP) is -0.946. The van der Waals surface area contributed by atoms with Gasteiger partial charge in [-0.2, -0.15) is 0 Å². The number of aromatic hydroxyl groups is 1. The van der Waals surface area contributed by atoms with E-state index in [1.54, 1.807) is 26.0 Å². The molecule has 0 spiro atoms. The maximum atomic E-state index is 12.7. The Morgan fingerprint density at radius 1 is 1.03 bits per heavy atom. The van der Waals surface area contributed by atoms with Gasteiger partial charge in [-0.05, 0) is 23.6 Å². The molecule has 3 unspecified atom stereocenters. The Balaban J connectivity index is 1.97. The highest BCUT2D eigenvalue weighted by atomic mass is 16.4. The van der Waals surface area contributed by atoms with Gasteiger partial charge in [-0.15, -0.1) is 0 Å². The molecule has 0 aliphatic heterocycles. The molecule has 0 aliphatic rings. The smallest absolute Gasteiger partial charge is 0.326 e. The number of phenolic OH excluding ortho intramolecular Hbond substituents is 1. The lowest BCUT2D eigenvalue weighted by Crippen LogP contribution is -2.55. The molecule has 0 fully saturated rings. The van der Waals surface area contributed by atoms with E-state index in [1.807, 2.05) is 0 Å². The third-order valence-electron chi connectivity index (χ3n) is 5.07. The van der Waals surface area contributed by atoms with Crippen molar-refractivity contribution < 1.29 is 29.4 Å². The fourth-order valence-electron chi connectivity index (χ4n) is 3.00. The van der Waals surface area contributed by atoms with E-state index in [0.717, 1.165) is 0 Å². The minimum atomic E-state index is -1.25. The molecule has 8 N–H and O–H groups in total. The number of hydrogen-bond acceptors (Lipinski definition) is 7. The Hall–Kier alpha value is -3.93. The maximum absolute atomic E-state index is 12.7. The van der Waals surface area contributed by atoms with Gasteiger partial charge in [0.1, 0.15) is 17.8 Å². The molecule has 1 aromatic heterocycles. The summed E-state index contributed by atoms with van der Waals surface area (Å²) in [5.74, 6) is -3.24. The molecule has 2 rings (SSSR count). The van der Waals surface area contributed by atoms with E-state index >= 15 is 0 Å². The second kappa shape index (κ2) is 12.3. The average molecular weight is 475 g/mol. The number of nitrogens with one attached hydrogen (secondary N) is 4. The number of carbonyl (C=O) groups excluding carboxylic acids is 3. The normalized spacial score (nSPS) is 13.5. The fraction of sp³-hybridized carbons (Fsp3) is 0.409. The van der Waals surface area contributed by atoms with Crippen LogP contribution in [0.4, 0.5) is 0 Å². The van der Waals surface area contributed by atoms with Gasteiger partial charge < -0.3 is 36.9 Å². The summed E-state index contributed by atoms with van der Waals surface area (Å²) in [6.07, 6.45) is 3.01. The number of phenols is 1. The van der Waals surface area contributed by atoms with E-state index in [0.29, 0.717) is 11.3 Å². The zero-order valence-corrected chi connectivity index (χ0v) is 18.9. The highest BCUT2D eigenvalue weighted by Crippen LogP contribution is 2.11. The summed E-state index contributed by atoms with van der Waals surface area (Å²) in [7, 11) is 0. The summed E-state index contributed by atoms with van der Waals surface area (Å²) in [6.45, 7) is 3.05. The summed E-state index contributed by atoms with van der Waals surface area (Å²) in [4.78, 5) is 55.7. The molecule has 3 atom stereocenters. The van der Waals surface area contributed by atoms with Crippen LogP contribution in [0.1, 0.15) is 25.1 Å². The minimum Gasteiger partial charge on any atom is -0.508 e. The topological polar surface area (TPSA) is 200 Å². The lowest BCUT2D eigenvalue weighted by atomic mass is 10.0. The maximum Gasteiger partial charge on any atom is 0.326 e. The first-order valence-electron chi connectivity index (χ1n) is 10.7. The van der Waals surface area contributed by atoms with Crippen molar-refractivity contribution in [3.05, 3.63) is 48.0 Å². The van der Waals surface area contributed by atoms with Crippen LogP contribution >= 0.6 is 0 Å². The number of nitrogens with zero attached hydrogens (tertiary/aromatic N) is 1. The van der Waals surface area contributed by atoms with Crippen LogP contribution < -0.4 is 21.7 Å². The van der Waals surface area contributed by atoms with Crippen LogP contribution in [-0.2, 0) is 32.0 Å². The first-order valence-corrected chi connectivity index (χ1v) is 10.7. The Morgan fingerprint density at radius 3 is 2.26 bits per heavy atom. The standard InChI is InChI=1S/C22H30N6O6/c1-12(2)19(23)21(32)28-16(8-14-9-24-11-26-14)20(31)25-10-18(30)27-17(22(33)34)7-13-3-5-15(29)6-4-13/h3-6,9,11-12,16-17,19,29H,7-8,10,23H2,1-2H3,(H,24,26)(H,25,31)(H,27,30)(H,28,32)(H,33,34). The van der Waals surface area contributed by atoms with Gasteiger partial charge in [0.15, 0.2) is 0 Å². The van der Waals surface area contributed by atoms with E-state index < -0.39 is 48.4 Å². The summed E-state index contributed by atoms with van der Waals surface area (Å²) < 4.78 is 0. The SMILES string of the molecule is CC(C)C(N)C(=O)NC(Cc1cnc[nH]1)C(=O)NCC(=O)NC(Cc1ccc(O)cc1)C(=O)O. The van der Waals surface area contributed by atoms with Gasteiger partial charge in [0.25, 0.3) is 0 Å². The summed E-state index contributed by atoms with van der Waals surface area (Å²) >= 11 is 0. The molecule has 2 aromatic rings. The van der Waals surface area contributed by atoms with E-state index in [4.69, 9.17) is 5.73 Å². The second-order valence-electron chi connectivity index (χ2n) is 8.16. The molecule has 0 saturated heterocycles. The van der Waals surface area contributed by atoms with Crippen LogP contribution in [0.3, 0.4) is 0 Å².